The standard InChI is InChI=1S/C21H21N5O2/c1-3-28-17-11-9-15(10-12-17)19-18(14(2)24-21-22-13-23-26(19)21)20(27)25-16-7-5-4-6-8-16/h4-13,19H,3H2,1-2H3,(H,25,27)(H,22,23,24)/t19-/m0/s1. The maximum Gasteiger partial charge on any atom is 0.255 e. The summed E-state index contributed by atoms with van der Waals surface area (Å²) >= 11 is 0. The number of allylic oxidation sites excluding steroid dienone is 1. The molecule has 1 aromatic heterocycles. The van der Waals surface area contributed by atoms with E-state index >= 15 is 0 Å². The number of hydrogen-bond acceptors (Lipinski definition) is 5. The Morgan fingerprint density at radius 3 is 2.64 bits per heavy atom. The molecule has 0 radical (unpaired) electrons. The van der Waals surface area contributed by atoms with Crippen LogP contribution in [0.5, 0.6) is 5.75 Å². The summed E-state index contributed by atoms with van der Waals surface area (Å²) in [5.74, 6) is 1.21. The van der Waals surface area contributed by atoms with Crippen molar-refractivity contribution >= 4 is 17.5 Å². The van der Waals surface area contributed by atoms with Crippen LogP contribution in [-0.4, -0.2) is 27.3 Å². The monoisotopic (exact) mass is 375 g/mol. The molecule has 4 rings (SSSR count). The average Bonchev–Trinajstić information content (AvgIpc) is 3.16. The molecule has 2 N–H and O–H groups in total. The summed E-state index contributed by atoms with van der Waals surface area (Å²) in [4.78, 5) is 17.4. The van der Waals surface area contributed by atoms with Crippen LogP contribution in [0, 0.1) is 0 Å². The second-order valence-electron chi connectivity index (χ2n) is 6.42. The Kier molecular flexibility index (Phi) is 4.80. The fourth-order valence-electron chi connectivity index (χ4n) is 3.33. The lowest BCUT2D eigenvalue weighted by molar-refractivity contribution is -0.113. The molecule has 0 fully saturated rings. The van der Waals surface area contributed by atoms with Crippen LogP contribution in [0.25, 0.3) is 0 Å². The number of ether oxygens (including phenoxy) is 1. The topological polar surface area (TPSA) is 81.1 Å². The van der Waals surface area contributed by atoms with Crippen molar-refractivity contribution < 1.29 is 9.53 Å². The third-order valence-corrected chi connectivity index (χ3v) is 4.58. The zero-order valence-electron chi connectivity index (χ0n) is 15.7. The van der Waals surface area contributed by atoms with Crippen molar-refractivity contribution in [2.75, 3.05) is 17.2 Å². The molecular formula is C21H21N5O2. The van der Waals surface area contributed by atoms with E-state index < -0.39 is 6.04 Å². The van der Waals surface area contributed by atoms with Gasteiger partial charge in [0.2, 0.25) is 5.95 Å². The summed E-state index contributed by atoms with van der Waals surface area (Å²) in [6.45, 7) is 4.42. The minimum Gasteiger partial charge on any atom is -0.494 e. The Labute approximate surface area is 163 Å². The Bertz CT molecular complexity index is 1010. The van der Waals surface area contributed by atoms with Crippen LogP contribution >= 0.6 is 0 Å². The highest BCUT2D eigenvalue weighted by Crippen LogP contribution is 2.35. The molecule has 1 atom stereocenters. The summed E-state index contributed by atoms with van der Waals surface area (Å²) < 4.78 is 7.26. The van der Waals surface area contributed by atoms with Crippen LogP contribution in [0.15, 0.2) is 72.2 Å². The molecule has 1 amide bonds. The van der Waals surface area contributed by atoms with Crippen molar-refractivity contribution in [1.82, 2.24) is 14.8 Å². The number of para-hydroxylation sites is 1. The Morgan fingerprint density at radius 1 is 1.18 bits per heavy atom. The van der Waals surface area contributed by atoms with Gasteiger partial charge in [0.15, 0.2) is 0 Å². The summed E-state index contributed by atoms with van der Waals surface area (Å²) in [5, 5.41) is 10.5. The molecule has 7 nitrogen and oxygen atoms in total. The summed E-state index contributed by atoms with van der Waals surface area (Å²) in [5.41, 5.74) is 3.00. The fraction of sp³-hybridized carbons (Fsp3) is 0.190. The zero-order chi connectivity index (χ0) is 19.5. The number of amides is 1. The second-order valence-corrected chi connectivity index (χ2v) is 6.42. The first-order valence-electron chi connectivity index (χ1n) is 9.14. The molecule has 0 unspecified atom stereocenters. The van der Waals surface area contributed by atoms with Crippen LogP contribution in [-0.2, 0) is 4.79 Å². The number of benzene rings is 2. The van der Waals surface area contributed by atoms with Gasteiger partial charge in [-0.3, -0.25) is 4.79 Å². The van der Waals surface area contributed by atoms with Crippen molar-refractivity contribution in [3.8, 4) is 5.75 Å². The number of rotatable bonds is 5. The largest absolute Gasteiger partial charge is 0.494 e. The molecule has 3 aromatic rings. The first-order valence-corrected chi connectivity index (χ1v) is 9.14. The second kappa shape index (κ2) is 7.56. The smallest absolute Gasteiger partial charge is 0.255 e. The highest BCUT2D eigenvalue weighted by atomic mass is 16.5. The third-order valence-electron chi connectivity index (χ3n) is 4.58. The van der Waals surface area contributed by atoms with E-state index in [0.29, 0.717) is 18.1 Å². The van der Waals surface area contributed by atoms with Crippen LogP contribution in [0.1, 0.15) is 25.5 Å². The van der Waals surface area contributed by atoms with Crippen LogP contribution < -0.4 is 15.4 Å². The average molecular weight is 375 g/mol. The summed E-state index contributed by atoms with van der Waals surface area (Å²) in [7, 11) is 0. The number of anilines is 2. The van der Waals surface area contributed by atoms with Gasteiger partial charge in [-0.1, -0.05) is 30.3 Å². The van der Waals surface area contributed by atoms with E-state index in [-0.39, 0.29) is 5.91 Å². The Morgan fingerprint density at radius 2 is 1.93 bits per heavy atom. The van der Waals surface area contributed by atoms with Gasteiger partial charge in [0.25, 0.3) is 5.91 Å². The third kappa shape index (κ3) is 3.34. The fourth-order valence-corrected chi connectivity index (χ4v) is 3.33. The van der Waals surface area contributed by atoms with Gasteiger partial charge in [0, 0.05) is 11.4 Å². The van der Waals surface area contributed by atoms with Gasteiger partial charge in [-0.15, -0.1) is 0 Å². The molecule has 1 aliphatic rings. The lowest BCUT2D eigenvalue weighted by atomic mass is 9.95. The molecule has 0 saturated carbocycles. The molecular weight excluding hydrogens is 354 g/mol. The van der Waals surface area contributed by atoms with Gasteiger partial charge in [-0.2, -0.15) is 10.1 Å². The lowest BCUT2D eigenvalue weighted by Gasteiger charge is -2.28. The quantitative estimate of drug-likeness (QED) is 0.712. The van der Waals surface area contributed by atoms with Crippen molar-refractivity contribution in [3.63, 3.8) is 0 Å². The first-order chi connectivity index (χ1) is 13.7. The van der Waals surface area contributed by atoms with Crippen molar-refractivity contribution in [2.24, 2.45) is 0 Å². The molecule has 0 saturated heterocycles. The van der Waals surface area contributed by atoms with Crippen molar-refractivity contribution in [1.29, 1.82) is 0 Å². The maximum atomic E-state index is 13.2. The minimum atomic E-state index is -0.391. The van der Waals surface area contributed by atoms with E-state index in [1.54, 1.807) is 4.68 Å². The van der Waals surface area contributed by atoms with E-state index in [4.69, 9.17) is 4.74 Å². The number of carbonyl (C=O) groups excluding carboxylic acids is 1. The summed E-state index contributed by atoms with van der Waals surface area (Å²) in [6, 6.07) is 16.7. The van der Waals surface area contributed by atoms with Gasteiger partial charge in [0.1, 0.15) is 18.1 Å². The van der Waals surface area contributed by atoms with E-state index in [9.17, 15) is 4.79 Å². The van der Waals surface area contributed by atoms with E-state index in [2.05, 4.69) is 20.7 Å². The number of carbonyl (C=O) groups is 1. The predicted octanol–water partition coefficient (Wildman–Crippen LogP) is 3.60. The minimum absolute atomic E-state index is 0.184. The van der Waals surface area contributed by atoms with Crippen LogP contribution in [0.3, 0.4) is 0 Å². The van der Waals surface area contributed by atoms with Gasteiger partial charge < -0.3 is 15.4 Å². The molecule has 7 heteroatoms. The molecule has 142 valence electrons. The number of fused-ring (bicyclic) bond motifs is 1. The molecule has 2 aromatic carbocycles. The highest BCUT2D eigenvalue weighted by molar-refractivity contribution is 6.06. The molecule has 1 aliphatic heterocycles. The van der Waals surface area contributed by atoms with E-state index in [1.807, 2.05) is 68.4 Å². The Balaban J connectivity index is 1.73. The van der Waals surface area contributed by atoms with E-state index in [0.717, 1.165) is 22.7 Å². The van der Waals surface area contributed by atoms with Gasteiger partial charge >= 0.3 is 0 Å². The lowest BCUT2D eigenvalue weighted by Crippen LogP contribution is -2.31. The number of nitrogens with zero attached hydrogens (tertiary/aromatic N) is 3. The highest BCUT2D eigenvalue weighted by Gasteiger charge is 2.33. The molecule has 2 heterocycles. The predicted molar refractivity (Wildman–Crippen MR) is 107 cm³/mol. The van der Waals surface area contributed by atoms with Crippen LogP contribution in [0.2, 0.25) is 0 Å². The molecule has 0 bridgehead atoms. The number of aromatic nitrogens is 3. The first kappa shape index (κ1) is 17.8. The number of hydrogen-bond donors (Lipinski definition) is 2. The normalized spacial score (nSPS) is 15.6. The zero-order valence-corrected chi connectivity index (χ0v) is 15.7. The van der Waals surface area contributed by atoms with Crippen molar-refractivity contribution in [3.05, 3.63) is 77.8 Å². The van der Waals surface area contributed by atoms with Crippen molar-refractivity contribution in [2.45, 2.75) is 19.9 Å². The molecule has 0 aliphatic carbocycles. The van der Waals surface area contributed by atoms with Gasteiger partial charge in [-0.05, 0) is 43.7 Å². The summed E-state index contributed by atoms with van der Waals surface area (Å²) in [6.07, 6.45) is 1.48. The van der Waals surface area contributed by atoms with Gasteiger partial charge in [0.05, 0.1) is 12.2 Å². The Hall–Kier alpha value is -3.61. The molecule has 0 spiro atoms. The SMILES string of the molecule is CCOc1ccc([C@H]2C(C(=O)Nc3ccccc3)=C(C)Nc3ncnn32)cc1. The van der Waals surface area contributed by atoms with Crippen LogP contribution in [0.4, 0.5) is 11.6 Å². The maximum absolute atomic E-state index is 13.2. The molecule has 28 heavy (non-hydrogen) atoms. The van der Waals surface area contributed by atoms with Gasteiger partial charge in [-0.25, -0.2) is 4.68 Å². The number of nitrogens with one attached hydrogen (secondary N) is 2. The van der Waals surface area contributed by atoms with E-state index in [1.165, 1.54) is 6.33 Å².